The Hall–Kier alpha value is -3.53. The lowest BCUT2D eigenvalue weighted by atomic mass is 9.81. The molecule has 1 saturated heterocycles. The molecule has 0 spiro atoms. The van der Waals surface area contributed by atoms with E-state index in [2.05, 4.69) is 15.0 Å². The van der Waals surface area contributed by atoms with Gasteiger partial charge in [-0.2, -0.15) is 0 Å². The largest absolute Gasteiger partial charge is 0.497 e. The zero-order valence-electron chi connectivity index (χ0n) is 18.1. The number of imidazole rings is 1. The van der Waals surface area contributed by atoms with E-state index in [1.54, 1.807) is 18.0 Å². The number of aliphatic hydroxyl groups excluding tert-OH is 2. The van der Waals surface area contributed by atoms with Crippen LogP contribution in [-0.4, -0.2) is 55.7 Å². The van der Waals surface area contributed by atoms with Crippen molar-refractivity contribution in [3.63, 3.8) is 0 Å². The van der Waals surface area contributed by atoms with Crippen molar-refractivity contribution in [2.75, 3.05) is 19.5 Å². The number of hydrogen-bond acceptors (Lipinski definition) is 8. The fraction of sp³-hybridized carbons (Fsp3) is 0.292. The lowest BCUT2D eigenvalue weighted by molar-refractivity contribution is -0.119. The molecule has 0 saturated carbocycles. The lowest BCUT2D eigenvalue weighted by Crippen LogP contribution is -2.42. The molecule has 0 amide bonds. The Morgan fingerprint density at radius 2 is 1.85 bits per heavy atom. The summed E-state index contributed by atoms with van der Waals surface area (Å²) in [5.74, 6) is 0.411. The van der Waals surface area contributed by atoms with Gasteiger partial charge in [-0.25, -0.2) is 15.0 Å². The highest BCUT2D eigenvalue weighted by Gasteiger charge is 2.56. The first-order chi connectivity index (χ1) is 16.1. The van der Waals surface area contributed by atoms with Gasteiger partial charge in [-0.15, -0.1) is 0 Å². The molecule has 4 N–H and O–H groups in total. The van der Waals surface area contributed by atoms with Gasteiger partial charge in [-0.1, -0.05) is 42.5 Å². The Morgan fingerprint density at radius 1 is 1.09 bits per heavy atom. The molecule has 2 aromatic heterocycles. The van der Waals surface area contributed by atoms with Gasteiger partial charge in [0, 0.05) is 6.42 Å². The second-order valence-electron chi connectivity index (χ2n) is 8.13. The Kier molecular flexibility index (Phi) is 5.45. The molecule has 5 rings (SSSR count). The molecule has 4 atom stereocenters. The van der Waals surface area contributed by atoms with Crippen LogP contribution >= 0.6 is 0 Å². The molecular weight excluding hydrogens is 422 g/mol. The molecule has 0 aliphatic carbocycles. The molecule has 9 heteroatoms. The zero-order valence-corrected chi connectivity index (χ0v) is 18.1. The van der Waals surface area contributed by atoms with E-state index in [0.29, 0.717) is 23.3 Å². The molecule has 1 aliphatic heterocycles. The molecule has 1 aliphatic rings. The first kappa shape index (κ1) is 21.3. The first-order valence-corrected chi connectivity index (χ1v) is 10.7. The maximum Gasteiger partial charge on any atom is 0.167 e. The maximum absolute atomic E-state index is 11.4. The third-order valence-electron chi connectivity index (χ3n) is 6.29. The standard InChI is InChI=1S/C24H25N5O4/c1-32-17-9-7-16(8-10-17)19-21(31)18(12-30)33-24(19,11-15-5-3-2-4-6-15)29-14-28-20-22(25)26-13-27-23(20)29/h2-10,13-14,18-19,21,30-31H,11-12H2,1H3,(H2,25,26,27)/t18-,19-,21-,24-/m1/s1. The molecular formula is C24H25N5O4. The Morgan fingerprint density at radius 3 is 2.55 bits per heavy atom. The monoisotopic (exact) mass is 447 g/mol. The van der Waals surface area contributed by atoms with Crippen LogP contribution in [0.4, 0.5) is 5.82 Å². The molecule has 1 fully saturated rings. The second-order valence-corrected chi connectivity index (χ2v) is 8.13. The zero-order chi connectivity index (χ0) is 23.0. The van der Waals surface area contributed by atoms with Crippen molar-refractivity contribution >= 4 is 17.0 Å². The number of ether oxygens (including phenoxy) is 2. The van der Waals surface area contributed by atoms with Crippen molar-refractivity contribution < 1.29 is 19.7 Å². The topological polar surface area (TPSA) is 129 Å². The van der Waals surface area contributed by atoms with Crippen LogP contribution in [0.3, 0.4) is 0 Å². The van der Waals surface area contributed by atoms with Crippen molar-refractivity contribution in [3.8, 4) is 5.75 Å². The van der Waals surface area contributed by atoms with Crippen molar-refractivity contribution in [1.29, 1.82) is 0 Å². The summed E-state index contributed by atoms with van der Waals surface area (Å²) in [4.78, 5) is 12.9. The predicted octanol–water partition coefficient (Wildman–Crippen LogP) is 1.85. The Bertz CT molecular complexity index is 1250. The van der Waals surface area contributed by atoms with E-state index in [-0.39, 0.29) is 12.4 Å². The minimum absolute atomic E-state index is 0.256. The Balaban J connectivity index is 1.75. The summed E-state index contributed by atoms with van der Waals surface area (Å²) >= 11 is 0. The number of methoxy groups -OCH3 is 1. The van der Waals surface area contributed by atoms with E-state index in [1.165, 1.54) is 6.33 Å². The van der Waals surface area contributed by atoms with E-state index in [4.69, 9.17) is 15.2 Å². The van der Waals surface area contributed by atoms with Crippen molar-refractivity contribution in [1.82, 2.24) is 19.5 Å². The smallest absolute Gasteiger partial charge is 0.167 e. The van der Waals surface area contributed by atoms with E-state index in [1.807, 2.05) is 54.6 Å². The number of nitrogens with zero attached hydrogens (tertiary/aromatic N) is 4. The summed E-state index contributed by atoms with van der Waals surface area (Å²) in [6.45, 7) is -0.339. The highest BCUT2D eigenvalue weighted by atomic mass is 16.6. The minimum Gasteiger partial charge on any atom is -0.497 e. The summed E-state index contributed by atoms with van der Waals surface area (Å²) in [5, 5.41) is 21.4. The van der Waals surface area contributed by atoms with Gasteiger partial charge in [-0.3, -0.25) is 4.57 Å². The Labute approximate surface area is 190 Å². The minimum atomic E-state index is -1.14. The van der Waals surface area contributed by atoms with Crippen molar-refractivity contribution in [3.05, 3.63) is 78.4 Å². The normalized spacial score (nSPS) is 24.9. The molecule has 0 radical (unpaired) electrons. The van der Waals surface area contributed by atoms with Crippen molar-refractivity contribution in [2.45, 2.75) is 30.3 Å². The van der Waals surface area contributed by atoms with Crippen LogP contribution in [-0.2, 0) is 16.9 Å². The number of hydrogen-bond donors (Lipinski definition) is 3. The summed E-state index contributed by atoms with van der Waals surface area (Å²) < 4.78 is 13.6. The number of aliphatic hydroxyl groups is 2. The SMILES string of the molecule is COc1ccc([C@@H]2[C@H](O)[C@@H](CO)O[C@@]2(Cc2ccccc2)n2cnc3c(N)ncnc32)cc1. The summed E-state index contributed by atoms with van der Waals surface area (Å²) in [7, 11) is 1.60. The number of anilines is 1. The van der Waals surface area contributed by atoms with Gasteiger partial charge >= 0.3 is 0 Å². The molecule has 33 heavy (non-hydrogen) atoms. The molecule has 2 aromatic carbocycles. The van der Waals surface area contributed by atoms with Crippen LogP contribution in [0.1, 0.15) is 17.0 Å². The van der Waals surface area contributed by atoms with Crippen LogP contribution in [0, 0.1) is 0 Å². The van der Waals surface area contributed by atoms with Crippen LogP contribution in [0.5, 0.6) is 5.75 Å². The number of nitrogen functional groups attached to an aromatic ring is 1. The van der Waals surface area contributed by atoms with Crippen LogP contribution < -0.4 is 10.5 Å². The van der Waals surface area contributed by atoms with Crippen molar-refractivity contribution in [2.24, 2.45) is 0 Å². The summed E-state index contributed by atoms with van der Waals surface area (Å²) in [6.07, 6.45) is 1.60. The highest BCUT2D eigenvalue weighted by molar-refractivity contribution is 5.81. The summed E-state index contributed by atoms with van der Waals surface area (Å²) in [5.41, 5.74) is 7.67. The molecule has 170 valence electrons. The molecule has 3 heterocycles. The fourth-order valence-electron chi connectivity index (χ4n) is 4.76. The van der Waals surface area contributed by atoms with Gasteiger partial charge in [0.1, 0.15) is 23.7 Å². The summed E-state index contributed by atoms with van der Waals surface area (Å²) in [6, 6.07) is 17.3. The van der Waals surface area contributed by atoms with Crippen LogP contribution in [0.15, 0.2) is 67.3 Å². The molecule has 0 unspecified atom stereocenters. The molecule has 9 nitrogen and oxygen atoms in total. The quantitative estimate of drug-likeness (QED) is 0.408. The molecule has 0 bridgehead atoms. The predicted molar refractivity (Wildman–Crippen MR) is 122 cm³/mol. The number of aromatic nitrogens is 4. The van der Waals surface area contributed by atoms with Gasteiger partial charge in [-0.05, 0) is 23.3 Å². The third kappa shape index (κ3) is 3.50. The van der Waals surface area contributed by atoms with Gasteiger partial charge in [0.25, 0.3) is 0 Å². The lowest BCUT2D eigenvalue weighted by Gasteiger charge is -2.37. The maximum atomic E-state index is 11.4. The van der Waals surface area contributed by atoms with Gasteiger partial charge in [0.15, 0.2) is 17.2 Å². The van der Waals surface area contributed by atoms with E-state index < -0.39 is 23.9 Å². The van der Waals surface area contributed by atoms with Gasteiger partial charge in [0.05, 0.1) is 32.1 Å². The number of benzene rings is 2. The fourth-order valence-corrected chi connectivity index (χ4v) is 4.76. The number of rotatable bonds is 6. The van der Waals surface area contributed by atoms with E-state index >= 15 is 0 Å². The molecule has 4 aromatic rings. The first-order valence-electron chi connectivity index (χ1n) is 10.7. The number of fused-ring (bicyclic) bond motifs is 1. The van der Waals surface area contributed by atoms with Crippen LogP contribution in [0.2, 0.25) is 0 Å². The third-order valence-corrected chi connectivity index (χ3v) is 6.29. The van der Waals surface area contributed by atoms with Gasteiger partial charge in [0.2, 0.25) is 0 Å². The average Bonchev–Trinajstić information content (AvgIpc) is 3.40. The van der Waals surface area contributed by atoms with Crippen LogP contribution in [0.25, 0.3) is 11.2 Å². The average molecular weight is 447 g/mol. The second kappa shape index (κ2) is 8.43. The van der Waals surface area contributed by atoms with E-state index in [0.717, 1.165) is 11.1 Å². The van der Waals surface area contributed by atoms with Gasteiger partial charge < -0.3 is 25.4 Å². The van der Waals surface area contributed by atoms with E-state index in [9.17, 15) is 10.2 Å². The number of nitrogens with two attached hydrogens (primary N) is 1. The highest BCUT2D eigenvalue weighted by Crippen LogP contribution is 2.50.